The molecular weight excluding hydrogens is 260 g/mol. The first kappa shape index (κ1) is 14.5. The molecule has 0 saturated heterocycles. The van der Waals surface area contributed by atoms with Crippen molar-refractivity contribution in [1.29, 1.82) is 0 Å². The molecule has 0 saturated carbocycles. The number of rotatable bonds is 5. The molecule has 0 heterocycles. The topological polar surface area (TPSA) is 21.3 Å². The SMILES string of the molecule is CNC(C)c1ccc(F)cc1OCc1ccc(F)cc1. The lowest BCUT2D eigenvalue weighted by atomic mass is 10.1. The predicted octanol–water partition coefficient (Wildman–Crippen LogP) is 3.82. The molecular formula is C16H17F2NO. The summed E-state index contributed by atoms with van der Waals surface area (Å²) >= 11 is 0. The molecule has 1 atom stereocenters. The average molecular weight is 277 g/mol. The highest BCUT2D eigenvalue weighted by Crippen LogP contribution is 2.26. The molecule has 106 valence electrons. The first-order chi connectivity index (χ1) is 9.60. The zero-order valence-corrected chi connectivity index (χ0v) is 11.5. The van der Waals surface area contributed by atoms with Gasteiger partial charge in [0, 0.05) is 17.7 Å². The fraction of sp³-hybridized carbons (Fsp3) is 0.250. The Bertz CT molecular complexity index is 569. The van der Waals surface area contributed by atoms with Gasteiger partial charge in [-0.25, -0.2) is 8.78 Å². The van der Waals surface area contributed by atoms with Crippen LogP contribution in [0.25, 0.3) is 0 Å². The summed E-state index contributed by atoms with van der Waals surface area (Å²) in [6.07, 6.45) is 0. The van der Waals surface area contributed by atoms with Crippen molar-refractivity contribution in [3.8, 4) is 5.75 Å². The van der Waals surface area contributed by atoms with Crippen molar-refractivity contribution in [2.24, 2.45) is 0 Å². The van der Waals surface area contributed by atoms with E-state index >= 15 is 0 Å². The Morgan fingerprint density at radius 3 is 2.35 bits per heavy atom. The van der Waals surface area contributed by atoms with Gasteiger partial charge in [-0.15, -0.1) is 0 Å². The first-order valence-corrected chi connectivity index (χ1v) is 6.44. The summed E-state index contributed by atoms with van der Waals surface area (Å²) in [5.41, 5.74) is 1.72. The highest BCUT2D eigenvalue weighted by molar-refractivity contribution is 5.36. The highest BCUT2D eigenvalue weighted by Gasteiger charge is 2.11. The smallest absolute Gasteiger partial charge is 0.127 e. The van der Waals surface area contributed by atoms with E-state index in [-0.39, 0.29) is 24.3 Å². The van der Waals surface area contributed by atoms with Crippen molar-refractivity contribution in [2.45, 2.75) is 19.6 Å². The van der Waals surface area contributed by atoms with Crippen molar-refractivity contribution in [2.75, 3.05) is 7.05 Å². The minimum Gasteiger partial charge on any atom is -0.488 e. The molecule has 0 spiro atoms. The van der Waals surface area contributed by atoms with Gasteiger partial charge < -0.3 is 10.1 Å². The molecule has 1 N–H and O–H groups in total. The number of benzene rings is 2. The Morgan fingerprint density at radius 1 is 1.05 bits per heavy atom. The molecule has 0 aromatic heterocycles. The van der Waals surface area contributed by atoms with E-state index in [1.165, 1.54) is 24.3 Å². The highest BCUT2D eigenvalue weighted by atomic mass is 19.1. The van der Waals surface area contributed by atoms with Crippen LogP contribution >= 0.6 is 0 Å². The molecule has 20 heavy (non-hydrogen) atoms. The van der Waals surface area contributed by atoms with Crippen molar-refractivity contribution in [3.63, 3.8) is 0 Å². The standard InChI is InChI=1S/C16H17F2NO/c1-11(19-2)15-8-7-14(18)9-16(15)20-10-12-3-5-13(17)6-4-12/h3-9,11,19H,10H2,1-2H3. The van der Waals surface area contributed by atoms with Gasteiger partial charge >= 0.3 is 0 Å². The summed E-state index contributed by atoms with van der Waals surface area (Å²) in [6, 6.07) is 10.6. The molecule has 2 aromatic rings. The summed E-state index contributed by atoms with van der Waals surface area (Å²) in [4.78, 5) is 0. The number of hydrogen-bond donors (Lipinski definition) is 1. The molecule has 2 rings (SSSR count). The van der Waals surface area contributed by atoms with Crippen molar-refractivity contribution >= 4 is 0 Å². The third kappa shape index (κ3) is 3.54. The van der Waals surface area contributed by atoms with Crippen LogP contribution in [-0.2, 0) is 6.61 Å². The Morgan fingerprint density at radius 2 is 1.70 bits per heavy atom. The van der Waals surface area contributed by atoms with Crippen LogP contribution in [0, 0.1) is 11.6 Å². The number of nitrogens with one attached hydrogen (secondary N) is 1. The molecule has 0 aliphatic rings. The van der Waals surface area contributed by atoms with Crippen LogP contribution < -0.4 is 10.1 Å². The largest absolute Gasteiger partial charge is 0.488 e. The van der Waals surface area contributed by atoms with Crippen molar-refractivity contribution in [1.82, 2.24) is 5.32 Å². The monoisotopic (exact) mass is 277 g/mol. The number of hydrogen-bond acceptors (Lipinski definition) is 2. The van der Waals surface area contributed by atoms with Crippen LogP contribution in [0.2, 0.25) is 0 Å². The van der Waals surface area contributed by atoms with Gasteiger partial charge in [0.1, 0.15) is 24.0 Å². The fourth-order valence-electron chi connectivity index (χ4n) is 1.89. The lowest BCUT2D eigenvalue weighted by Crippen LogP contribution is -2.14. The van der Waals surface area contributed by atoms with E-state index in [4.69, 9.17) is 4.74 Å². The molecule has 2 aromatic carbocycles. The minimum atomic E-state index is -0.342. The van der Waals surface area contributed by atoms with Gasteiger partial charge in [-0.3, -0.25) is 0 Å². The van der Waals surface area contributed by atoms with E-state index in [9.17, 15) is 8.78 Å². The summed E-state index contributed by atoms with van der Waals surface area (Å²) in [7, 11) is 1.83. The molecule has 2 nitrogen and oxygen atoms in total. The predicted molar refractivity (Wildman–Crippen MR) is 74.6 cm³/mol. The maximum Gasteiger partial charge on any atom is 0.127 e. The minimum absolute atomic E-state index is 0.0545. The third-order valence-electron chi connectivity index (χ3n) is 3.18. The Kier molecular flexibility index (Phi) is 4.69. The molecule has 1 unspecified atom stereocenters. The van der Waals surface area contributed by atoms with Gasteiger partial charge in [-0.1, -0.05) is 18.2 Å². The average Bonchev–Trinajstić information content (AvgIpc) is 2.46. The zero-order valence-electron chi connectivity index (χ0n) is 11.5. The summed E-state index contributed by atoms with van der Waals surface area (Å²) < 4.78 is 31.8. The van der Waals surface area contributed by atoms with Crippen LogP contribution in [-0.4, -0.2) is 7.05 Å². The van der Waals surface area contributed by atoms with Gasteiger partial charge in [0.05, 0.1) is 0 Å². The van der Waals surface area contributed by atoms with Gasteiger partial charge in [0.2, 0.25) is 0 Å². The van der Waals surface area contributed by atoms with Crippen LogP contribution in [0.5, 0.6) is 5.75 Å². The summed E-state index contributed by atoms with van der Waals surface area (Å²) in [5.74, 6) is -0.133. The van der Waals surface area contributed by atoms with E-state index in [0.29, 0.717) is 5.75 Å². The summed E-state index contributed by atoms with van der Waals surface area (Å²) in [5, 5.41) is 3.09. The zero-order chi connectivity index (χ0) is 14.5. The van der Waals surface area contributed by atoms with Crippen molar-refractivity contribution < 1.29 is 13.5 Å². The maximum absolute atomic E-state index is 13.3. The molecule has 0 radical (unpaired) electrons. The van der Waals surface area contributed by atoms with Gasteiger partial charge in [-0.2, -0.15) is 0 Å². The van der Waals surface area contributed by atoms with Gasteiger partial charge in [0.25, 0.3) is 0 Å². The third-order valence-corrected chi connectivity index (χ3v) is 3.18. The fourth-order valence-corrected chi connectivity index (χ4v) is 1.89. The Labute approximate surface area is 117 Å². The Balaban J connectivity index is 2.15. The lowest BCUT2D eigenvalue weighted by Gasteiger charge is -2.16. The molecule has 0 bridgehead atoms. The number of ether oxygens (including phenoxy) is 1. The molecule has 0 amide bonds. The first-order valence-electron chi connectivity index (χ1n) is 6.44. The molecule has 0 fully saturated rings. The Hall–Kier alpha value is -1.94. The van der Waals surface area contributed by atoms with Crippen molar-refractivity contribution in [3.05, 3.63) is 65.2 Å². The second-order valence-corrected chi connectivity index (χ2v) is 4.61. The van der Waals surface area contributed by atoms with Gasteiger partial charge in [-0.05, 0) is 37.7 Å². The van der Waals surface area contributed by atoms with E-state index in [1.54, 1.807) is 18.2 Å². The lowest BCUT2D eigenvalue weighted by molar-refractivity contribution is 0.298. The number of halogens is 2. The maximum atomic E-state index is 13.3. The van der Waals surface area contributed by atoms with E-state index in [0.717, 1.165) is 11.1 Å². The molecule has 0 aliphatic carbocycles. The van der Waals surface area contributed by atoms with E-state index in [1.807, 2.05) is 14.0 Å². The van der Waals surface area contributed by atoms with Crippen LogP contribution in [0.4, 0.5) is 8.78 Å². The molecule has 0 aliphatic heterocycles. The second-order valence-electron chi connectivity index (χ2n) is 4.61. The van der Waals surface area contributed by atoms with E-state index in [2.05, 4.69) is 5.32 Å². The van der Waals surface area contributed by atoms with Crippen LogP contribution in [0.1, 0.15) is 24.1 Å². The van der Waals surface area contributed by atoms with Gasteiger partial charge in [0.15, 0.2) is 0 Å². The van der Waals surface area contributed by atoms with Crippen LogP contribution in [0.3, 0.4) is 0 Å². The summed E-state index contributed by atoms with van der Waals surface area (Å²) in [6.45, 7) is 2.24. The second kappa shape index (κ2) is 6.48. The molecule has 4 heteroatoms. The normalized spacial score (nSPS) is 12.2. The quantitative estimate of drug-likeness (QED) is 0.897. The van der Waals surface area contributed by atoms with E-state index < -0.39 is 0 Å². The van der Waals surface area contributed by atoms with Crippen LogP contribution in [0.15, 0.2) is 42.5 Å².